The summed E-state index contributed by atoms with van der Waals surface area (Å²) in [6, 6.07) is 64.2. The highest BCUT2D eigenvalue weighted by atomic mass is 16.3. The van der Waals surface area contributed by atoms with E-state index in [1.165, 1.54) is 33.4 Å². The lowest BCUT2D eigenvalue weighted by atomic mass is 9.82. The van der Waals surface area contributed by atoms with Crippen molar-refractivity contribution in [2.45, 2.75) is 19.3 Å². The van der Waals surface area contributed by atoms with E-state index >= 15 is 0 Å². The van der Waals surface area contributed by atoms with Gasteiger partial charge in [0.2, 0.25) is 5.95 Å². The summed E-state index contributed by atoms with van der Waals surface area (Å²) >= 11 is 0. The second-order valence-corrected chi connectivity index (χ2v) is 16.0. The van der Waals surface area contributed by atoms with E-state index in [-0.39, 0.29) is 5.41 Å². The van der Waals surface area contributed by atoms with Gasteiger partial charge >= 0.3 is 0 Å². The number of rotatable bonds is 5. The van der Waals surface area contributed by atoms with E-state index in [1.54, 1.807) is 0 Å². The molecule has 0 saturated heterocycles. The molecule has 0 radical (unpaired) electrons. The van der Waals surface area contributed by atoms with Crippen LogP contribution in [-0.2, 0) is 5.41 Å². The maximum absolute atomic E-state index is 6.65. The maximum atomic E-state index is 6.65. The van der Waals surface area contributed by atoms with Crippen molar-refractivity contribution in [2.75, 3.05) is 0 Å². The quantitative estimate of drug-likeness (QED) is 0.175. The van der Waals surface area contributed by atoms with Crippen molar-refractivity contribution in [1.82, 2.24) is 19.5 Å². The van der Waals surface area contributed by atoms with Gasteiger partial charge < -0.3 is 4.42 Å². The Bertz CT molecular complexity index is 3430. The first kappa shape index (κ1) is 33.5. The zero-order chi connectivity index (χ0) is 39.2. The summed E-state index contributed by atoms with van der Waals surface area (Å²) in [5, 5.41) is 4.43. The van der Waals surface area contributed by atoms with E-state index in [1.807, 2.05) is 6.07 Å². The molecule has 0 atom stereocenters. The molecule has 0 spiro atoms. The molecule has 0 saturated carbocycles. The van der Waals surface area contributed by atoms with Crippen LogP contribution in [0.1, 0.15) is 25.0 Å². The largest absolute Gasteiger partial charge is 0.456 e. The van der Waals surface area contributed by atoms with Gasteiger partial charge in [-0.2, -0.15) is 9.97 Å². The van der Waals surface area contributed by atoms with E-state index in [9.17, 15) is 0 Å². The normalized spacial score (nSPS) is 13.1. The van der Waals surface area contributed by atoms with E-state index in [0.717, 1.165) is 66.0 Å². The molecule has 0 bridgehead atoms. The number of fused-ring (bicyclic) bond motifs is 9. The first-order valence-electron chi connectivity index (χ1n) is 20.1. The molecular weight excluding hydrogens is 721 g/mol. The molecule has 0 N–H and O–H groups in total. The van der Waals surface area contributed by atoms with Crippen molar-refractivity contribution in [3.63, 3.8) is 0 Å². The van der Waals surface area contributed by atoms with Crippen LogP contribution in [0.3, 0.4) is 0 Å². The molecule has 0 fully saturated rings. The number of para-hydroxylation sites is 2. The Morgan fingerprint density at radius 3 is 1.81 bits per heavy atom. The lowest BCUT2D eigenvalue weighted by molar-refractivity contribution is 0.660. The third-order valence-electron chi connectivity index (χ3n) is 12.3. The average molecular weight is 757 g/mol. The van der Waals surface area contributed by atoms with Crippen LogP contribution in [0, 0.1) is 0 Å². The van der Waals surface area contributed by atoms with Crippen LogP contribution in [0.15, 0.2) is 186 Å². The van der Waals surface area contributed by atoms with E-state index in [4.69, 9.17) is 19.4 Å². The van der Waals surface area contributed by atoms with Crippen LogP contribution >= 0.6 is 0 Å². The lowest BCUT2D eigenvalue weighted by Crippen LogP contribution is -2.14. The smallest absolute Gasteiger partial charge is 0.238 e. The molecule has 0 aliphatic heterocycles. The van der Waals surface area contributed by atoms with Crippen molar-refractivity contribution in [1.29, 1.82) is 0 Å². The van der Waals surface area contributed by atoms with Crippen LogP contribution in [0.5, 0.6) is 0 Å². The predicted octanol–water partition coefficient (Wildman–Crippen LogP) is 13.8. The van der Waals surface area contributed by atoms with Crippen LogP contribution in [0.4, 0.5) is 0 Å². The van der Waals surface area contributed by atoms with E-state index in [2.05, 4.69) is 194 Å². The van der Waals surface area contributed by atoms with Crippen molar-refractivity contribution in [2.24, 2.45) is 0 Å². The Balaban J connectivity index is 1.05. The van der Waals surface area contributed by atoms with Gasteiger partial charge in [-0.1, -0.05) is 153 Å². The number of hydrogen-bond acceptors (Lipinski definition) is 4. The molecule has 8 aromatic carbocycles. The van der Waals surface area contributed by atoms with Gasteiger partial charge in [-0.25, -0.2) is 4.98 Å². The molecule has 0 amide bonds. The van der Waals surface area contributed by atoms with Crippen molar-refractivity contribution in [3.8, 4) is 62.1 Å². The molecule has 12 rings (SSSR count). The SMILES string of the molecule is CC1(C)c2ccccc2-c2cc(-c3nc(-c4ccc5c(c4)oc4cccc(-c6cccc(-c7ccccc7)c6)c45)nc(-n4c5ccccc5c5ccccc54)n3)ccc21. The highest BCUT2D eigenvalue weighted by molar-refractivity contribution is 6.13. The Labute approximate surface area is 340 Å². The third kappa shape index (κ3) is 5.14. The summed E-state index contributed by atoms with van der Waals surface area (Å²) in [5.41, 5.74) is 15.1. The minimum atomic E-state index is -0.102. The summed E-state index contributed by atoms with van der Waals surface area (Å²) < 4.78 is 8.82. The first-order chi connectivity index (χ1) is 29.0. The first-order valence-corrected chi connectivity index (χ1v) is 20.1. The highest BCUT2D eigenvalue weighted by Crippen LogP contribution is 2.49. The minimum Gasteiger partial charge on any atom is -0.456 e. The Kier molecular flexibility index (Phi) is 7.20. The van der Waals surface area contributed by atoms with Crippen molar-refractivity contribution < 1.29 is 4.42 Å². The molecule has 1 aliphatic rings. The number of benzene rings is 8. The fourth-order valence-corrected chi connectivity index (χ4v) is 9.42. The molecule has 3 aromatic heterocycles. The fourth-order valence-electron chi connectivity index (χ4n) is 9.42. The molecule has 5 nitrogen and oxygen atoms in total. The molecule has 1 aliphatic carbocycles. The molecule has 5 heteroatoms. The predicted molar refractivity (Wildman–Crippen MR) is 241 cm³/mol. The van der Waals surface area contributed by atoms with Gasteiger partial charge in [0.05, 0.1) is 11.0 Å². The van der Waals surface area contributed by atoms with Gasteiger partial charge in [-0.15, -0.1) is 0 Å². The highest BCUT2D eigenvalue weighted by Gasteiger charge is 2.35. The van der Waals surface area contributed by atoms with Crippen LogP contribution in [0.25, 0.3) is 106 Å². The average Bonchev–Trinajstić information content (AvgIpc) is 3.91. The minimum absolute atomic E-state index is 0.102. The van der Waals surface area contributed by atoms with Crippen LogP contribution in [-0.4, -0.2) is 19.5 Å². The Morgan fingerprint density at radius 2 is 1.02 bits per heavy atom. The number of aromatic nitrogens is 4. The van der Waals surface area contributed by atoms with E-state index in [0.29, 0.717) is 17.6 Å². The molecule has 11 aromatic rings. The van der Waals surface area contributed by atoms with Crippen molar-refractivity contribution >= 4 is 43.7 Å². The Hall–Kier alpha value is -7.63. The zero-order valence-electron chi connectivity index (χ0n) is 32.5. The molecular formula is C54H36N4O. The van der Waals surface area contributed by atoms with Gasteiger partial charge in [0.15, 0.2) is 11.6 Å². The van der Waals surface area contributed by atoms with Gasteiger partial charge in [0.1, 0.15) is 11.2 Å². The fraction of sp³-hybridized carbons (Fsp3) is 0.0556. The number of hydrogen-bond donors (Lipinski definition) is 0. The van der Waals surface area contributed by atoms with Crippen LogP contribution in [0.2, 0.25) is 0 Å². The van der Waals surface area contributed by atoms with Gasteiger partial charge in [0, 0.05) is 38.1 Å². The summed E-state index contributed by atoms with van der Waals surface area (Å²) in [7, 11) is 0. The zero-order valence-corrected chi connectivity index (χ0v) is 32.5. The van der Waals surface area contributed by atoms with E-state index < -0.39 is 0 Å². The number of nitrogens with zero attached hydrogens (tertiary/aromatic N) is 4. The molecule has 59 heavy (non-hydrogen) atoms. The summed E-state index contributed by atoms with van der Waals surface area (Å²) in [6.45, 7) is 4.61. The number of furan rings is 1. The topological polar surface area (TPSA) is 56.7 Å². The monoisotopic (exact) mass is 756 g/mol. The maximum Gasteiger partial charge on any atom is 0.238 e. The summed E-state index contributed by atoms with van der Waals surface area (Å²) in [4.78, 5) is 15.8. The second-order valence-electron chi connectivity index (χ2n) is 16.0. The Morgan fingerprint density at radius 1 is 0.407 bits per heavy atom. The molecule has 278 valence electrons. The molecule has 0 unspecified atom stereocenters. The molecule has 3 heterocycles. The lowest BCUT2D eigenvalue weighted by Gasteiger charge is -2.21. The van der Waals surface area contributed by atoms with Crippen LogP contribution < -0.4 is 0 Å². The standard InChI is InChI=1S/C54H36N4O/c1-54(2)44-22-9-6-18-39(44)43-31-36(27-29-45(43)54)51-55-52(57-53(56-51)58-46-23-10-7-19-40(46)41-20-8-11-24-47(41)58)37-26-28-42-49(32-37)59-48-25-13-21-38(50(42)48)35-17-12-16-34(30-35)33-14-4-3-5-15-33/h3-32H,1-2H3. The summed E-state index contributed by atoms with van der Waals surface area (Å²) in [5.74, 6) is 1.75. The summed E-state index contributed by atoms with van der Waals surface area (Å²) in [6.07, 6.45) is 0. The van der Waals surface area contributed by atoms with Gasteiger partial charge in [-0.3, -0.25) is 4.57 Å². The second kappa shape index (κ2) is 12.7. The van der Waals surface area contributed by atoms with Crippen molar-refractivity contribution in [3.05, 3.63) is 193 Å². The van der Waals surface area contributed by atoms with Gasteiger partial charge in [0.25, 0.3) is 0 Å². The third-order valence-corrected chi connectivity index (χ3v) is 12.3. The van der Waals surface area contributed by atoms with Gasteiger partial charge in [-0.05, 0) is 87.0 Å².